The molecule has 3 heteroatoms. The van der Waals surface area contributed by atoms with Gasteiger partial charge in [-0.1, -0.05) is 84.9 Å². The third kappa shape index (κ3) is 4.25. The highest BCUT2D eigenvalue weighted by Gasteiger charge is 2.21. The predicted octanol–water partition coefficient (Wildman–Crippen LogP) is 13.2. The molecule has 0 atom stereocenters. The first-order chi connectivity index (χ1) is 23.3. The molecule has 0 spiro atoms. The molecular weight excluding hydrogens is 589 g/mol. The Hall–Kier alpha value is -5.90. The van der Waals surface area contributed by atoms with Crippen LogP contribution in [0.2, 0.25) is 0 Å². The Morgan fingerprint density at radius 3 is 1.98 bits per heavy atom. The summed E-state index contributed by atoms with van der Waals surface area (Å²) in [7, 11) is 0. The van der Waals surface area contributed by atoms with E-state index in [1.54, 1.807) is 0 Å². The van der Waals surface area contributed by atoms with Crippen LogP contribution in [0.4, 0.5) is 28.4 Å². The zero-order valence-corrected chi connectivity index (χ0v) is 26.3. The average molecular weight is 617 g/mol. The van der Waals surface area contributed by atoms with E-state index < -0.39 is 0 Å². The number of para-hydroxylation sites is 1. The summed E-state index contributed by atoms with van der Waals surface area (Å²) in [5, 5.41) is 11.4. The predicted molar refractivity (Wildman–Crippen MR) is 203 cm³/mol. The van der Waals surface area contributed by atoms with E-state index in [1.807, 2.05) is 11.3 Å². The Balaban J connectivity index is 1.10. The van der Waals surface area contributed by atoms with E-state index in [9.17, 15) is 0 Å². The maximum atomic E-state index is 3.72. The van der Waals surface area contributed by atoms with Crippen LogP contribution in [0.15, 0.2) is 164 Å². The number of hydrogen-bond acceptors (Lipinski definition) is 3. The van der Waals surface area contributed by atoms with Gasteiger partial charge in [-0.3, -0.25) is 0 Å². The molecule has 1 aliphatic rings. The van der Waals surface area contributed by atoms with Crippen LogP contribution in [0.5, 0.6) is 0 Å². The Bertz CT molecular complexity index is 2650. The van der Waals surface area contributed by atoms with Gasteiger partial charge in [0.05, 0.1) is 0 Å². The molecule has 0 fully saturated rings. The first-order valence-electron chi connectivity index (χ1n) is 16.0. The number of hydrogen-bond donors (Lipinski definition) is 1. The van der Waals surface area contributed by atoms with Gasteiger partial charge in [0.2, 0.25) is 0 Å². The number of fused-ring (bicyclic) bond motifs is 6. The van der Waals surface area contributed by atoms with Gasteiger partial charge in [-0.2, -0.15) is 0 Å². The van der Waals surface area contributed by atoms with Crippen molar-refractivity contribution in [2.45, 2.75) is 0 Å². The minimum absolute atomic E-state index is 1.13. The summed E-state index contributed by atoms with van der Waals surface area (Å²) < 4.78 is 2.63. The first kappa shape index (κ1) is 26.3. The number of anilines is 5. The molecular formula is C44H28N2S. The van der Waals surface area contributed by atoms with Crippen LogP contribution in [0.1, 0.15) is 0 Å². The monoisotopic (exact) mass is 616 g/mol. The van der Waals surface area contributed by atoms with Gasteiger partial charge in [0.1, 0.15) is 0 Å². The zero-order chi connectivity index (χ0) is 30.9. The van der Waals surface area contributed by atoms with Crippen LogP contribution in [0, 0.1) is 0 Å². The SMILES string of the molecule is c1ccc(N(c2ccc(-c3cc4c5c(cccc5c3)Nc3cc5ccccc5cc3-4)cc2)c2ccc3sc4ccccc4c3c2)cc1. The lowest BCUT2D eigenvalue weighted by Gasteiger charge is -2.26. The summed E-state index contributed by atoms with van der Waals surface area (Å²) in [5.74, 6) is 0. The maximum Gasteiger partial charge on any atom is 0.0470 e. The van der Waals surface area contributed by atoms with Crippen molar-refractivity contribution in [3.05, 3.63) is 164 Å². The lowest BCUT2D eigenvalue weighted by molar-refractivity contribution is 1.29. The summed E-state index contributed by atoms with van der Waals surface area (Å²) in [6, 6.07) is 59.8. The van der Waals surface area contributed by atoms with E-state index in [4.69, 9.17) is 0 Å². The zero-order valence-electron chi connectivity index (χ0n) is 25.4. The smallest absolute Gasteiger partial charge is 0.0470 e. The van der Waals surface area contributed by atoms with Crippen molar-refractivity contribution in [3.63, 3.8) is 0 Å². The molecule has 2 heterocycles. The van der Waals surface area contributed by atoms with Crippen molar-refractivity contribution in [1.29, 1.82) is 0 Å². The molecule has 9 aromatic rings. The van der Waals surface area contributed by atoms with Crippen LogP contribution in [0.25, 0.3) is 64.0 Å². The molecule has 0 saturated heterocycles. The average Bonchev–Trinajstić information content (AvgIpc) is 3.50. The first-order valence-corrected chi connectivity index (χ1v) is 16.8. The van der Waals surface area contributed by atoms with Crippen molar-refractivity contribution < 1.29 is 0 Å². The molecule has 0 bridgehead atoms. The number of nitrogens with zero attached hydrogens (tertiary/aromatic N) is 1. The van der Waals surface area contributed by atoms with E-state index in [-0.39, 0.29) is 0 Å². The molecule has 10 rings (SSSR count). The highest BCUT2D eigenvalue weighted by atomic mass is 32.1. The summed E-state index contributed by atoms with van der Waals surface area (Å²) >= 11 is 1.86. The van der Waals surface area contributed by atoms with Crippen molar-refractivity contribution in [2.24, 2.45) is 0 Å². The van der Waals surface area contributed by atoms with Crippen LogP contribution in [-0.4, -0.2) is 0 Å². The third-order valence-electron chi connectivity index (χ3n) is 9.51. The standard InChI is InChI=1S/C44H28N2S/c1-2-12-33(13-3-1)46(35-21-22-43-38(27-35)36-14-6-7-16-42(36)47-43)34-19-17-28(18-20-34)32-23-31-11-8-15-40-44(31)39(25-32)37-24-29-9-4-5-10-30(29)26-41(37)45-40/h1-27,45H. The number of benzene rings is 8. The quantitative estimate of drug-likeness (QED) is 0.212. The largest absolute Gasteiger partial charge is 0.354 e. The highest BCUT2D eigenvalue weighted by Crippen LogP contribution is 2.47. The molecule has 0 amide bonds. The molecule has 1 aromatic heterocycles. The highest BCUT2D eigenvalue weighted by molar-refractivity contribution is 7.25. The van der Waals surface area contributed by atoms with Gasteiger partial charge in [0.25, 0.3) is 0 Å². The fourth-order valence-corrected chi connectivity index (χ4v) is 8.39. The van der Waals surface area contributed by atoms with Gasteiger partial charge in [0, 0.05) is 59.6 Å². The fourth-order valence-electron chi connectivity index (χ4n) is 7.30. The van der Waals surface area contributed by atoms with Gasteiger partial charge in [-0.15, -0.1) is 11.3 Å². The van der Waals surface area contributed by atoms with E-state index >= 15 is 0 Å². The van der Waals surface area contributed by atoms with Crippen molar-refractivity contribution in [3.8, 4) is 22.3 Å². The number of nitrogens with one attached hydrogen (secondary N) is 1. The Kier molecular flexibility index (Phi) is 5.78. The minimum Gasteiger partial charge on any atom is -0.354 e. The third-order valence-corrected chi connectivity index (χ3v) is 10.7. The molecule has 8 aromatic carbocycles. The van der Waals surface area contributed by atoms with Crippen molar-refractivity contribution in [2.75, 3.05) is 10.2 Å². The molecule has 0 saturated carbocycles. The normalized spacial score (nSPS) is 12.0. The molecule has 1 N–H and O–H groups in total. The van der Waals surface area contributed by atoms with E-state index in [1.165, 1.54) is 64.0 Å². The lowest BCUT2D eigenvalue weighted by Crippen LogP contribution is -2.09. The minimum atomic E-state index is 1.13. The van der Waals surface area contributed by atoms with Gasteiger partial charge in [-0.05, 0) is 112 Å². The van der Waals surface area contributed by atoms with Crippen LogP contribution >= 0.6 is 11.3 Å². The van der Waals surface area contributed by atoms with Crippen molar-refractivity contribution >= 4 is 81.5 Å². The second-order valence-electron chi connectivity index (χ2n) is 12.3. The summed E-state index contributed by atoms with van der Waals surface area (Å²) in [6.07, 6.45) is 0. The second-order valence-corrected chi connectivity index (χ2v) is 13.4. The van der Waals surface area contributed by atoms with Gasteiger partial charge in [0.15, 0.2) is 0 Å². The van der Waals surface area contributed by atoms with Crippen LogP contribution in [0.3, 0.4) is 0 Å². The van der Waals surface area contributed by atoms with Crippen LogP contribution < -0.4 is 10.2 Å². The molecule has 0 unspecified atom stereocenters. The molecule has 2 nitrogen and oxygen atoms in total. The van der Waals surface area contributed by atoms with Gasteiger partial charge >= 0.3 is 0 Å². The van der Waals surface area contributed by atoms with E-state index in [0.717, 1.165) is 28.4 Å². The molecule has 220 valence electrons. The second kappa shape index (κ2) is 10.3. The topological polar surface area (TPSA) is 15.3 Å². The van der Waals surface area contributed by atoms with Crippen molar-refractivity contribution in [1.82, 2.24) is 0 Å². The van der Waals surface area contributed by atoms with Crippen LogP contribution in [-0.2, 0) is 0 Å². The van der Waals surface area contributed by atoms with E-state index in [2.05, 4.69) is 174 Å². The molecule has 47 heavy (non-hydrogen) atoms. The Morgan fingerprint density at radius 2 is 1.11 bits per heavy atom. The van der Waals surface area contributed by atoms with Gasteiger partial charge in [-0.25, -0.2) is 0 Å². The van der Waals surface area contributed by atoms with E-state index in [0.29, 0.717) is 0 Å². The molecule has 0 aliphatic carbocycles. The summed E-state index contributed by atoms with van der Waals surface area (Å²) in [6.45, 7) is 0. The lowest BCUT2D eigenvalue weighted by atomic mass is 9.88. The Labute approximate surface area is 276 Å². The van der Waals surface area contributed by atoms with Gasteiger partial charge < -0.3 is 10.2 Å². The number of rotatable bonds is 4. The Morgan fingerprint density at radius 1 is 0.404 bits per heavy atom. The summed E-state index contributed by atoms with van der Waals surface area (Å²) in [5.41, 5.74) is 10.7. The summed E-state index contributed by atoms with van der Waals surface area (Å²) in [4.78, 5) is 2.36. The number of thiophene rings is 1. The fraction of sp³-hybridized carbons (Fsp3) is 0. The molecule has 1 aliphatic heterocycles. The maximum absolute atomic E-state index is 3.72. The molecule has 0 radical (unpaired) electrons.